The van der Waals surface area contributed by atoms with Crippen molar-refractivity contribution in [3.8, 4) is 5.75 Å². The number of anilines is 2. The Kier molecular flexibility index (Phi) is 10.1. The van der Waals surface area contributed by atoms with Crippen LogP contribution in [0.5, 0.6) is 5.75 Å². The van der Waals surface area contributed by atoms with Crippen LogP contribution in [0, 0.1) is 5.92 Å². The van der Waals surface area contributed by atoms with Gasteiger partial charge < -0.3 is 30.6 Å². The fraction of sp³-hybridized carbons (Fsp3) is 0.483. The summed E-state index contributed by atoms with van der Waals surface area (Å²) in [7, 11) is 1.47. The number of carbonyl (C=O) groups excluding carboxylic acids is 3. The van der Waals surface area contributed by atoms with Crippen LogP contribution in [0.25, 0.3) is 0 Å². The van der Waals surface area contributed by atoms with E-state index in [2.05, 4.69) is 16.7 Å². The second kappa shape index (κ2) is 13.5. The van der Waals surface area contributed by atoms with E-state index < -0.39 is 42.1 Å². The molecule has 4 N–H and O–H groups in total. The predicted molar refractivity (Wildman–Crippen MR) is 152 cm³/mol. The molecule has 2 aromatic rings. The molecule has 0 radical (unpaired) electrons. The number of fused-ring (bicyclic) bond motifs is 2. The molecule has 0 saturated carbocycles. The Bertz CT molecular complexity index is 1220. The third kappa shape index (κ3) is 6.95. The van der Waals surface area contributed by atoms with Crippen molar-refractivity contribution in [3.63, 3.8) is 0 Å². The minimum Gasteiger partial charge on any atom is -0.484 e. The van der Waals surface area contributed by atoms with Crippen molar-refractivity contribution in [1.82, 2.24) is 10.2 Å². The zero-order valence-electron chi connectivity index (χ0n) is 23.3. The first-order valence-corrected chi connectivity index (χ1v) is 14.4. The van der Waals surface area contributed by atoms with Gasteiger partial charge in [-0.2, -0.15) is 0 Å². The third-order valence-electron chi connectivity index (χ3n) is 6.83. The Hall–Kier alpha value is -3.12. The van der Waals surface area contributed by atoms with Crippen LogP contribution in [0.4, 0.5) is 11.4 Å². The maximum Gasteiger partial charge on any atom is 0.258 e. The first-order valence-electron chi connectivity index (χ1n) is 13.6. The highest BCUT2D eigenvalue weighted by atomic mass is 32.2. The lowest BCUT2D eigenvalue weighted by Gasteiger charge is -2.34. The molecule has 0 aromatic heterocycles. The highest BCUT2D eigenvalue weighted by Gasteiger charge is 2.43. The molecule has 2 aliphatic heterocycles. The van der Waals surface area contributed by atoms with E-state index >= 15 is 0 Å². The lowest BCUT2D eigenvalue weighted by atomic mass is 10.0. The summed E-state index contributed by atoms with van der Waals surface area (Å²) < 4.78 is 16.7. The predicted octanol–water partition coefficient (Wildman–Crippen LogP) is 3.66. The number of methoxy groups -OCH3 is 1. The first-order chi connectivity index (χ1) is 19.2. The van der Waals surface area contributed by atoms with Crippen molar-refractivity contribution in [2.75, 3.05) is 25.6 Å². The molecule has 2 aromatic carbocycles. The number of rotatable bonds is 11. The third-order valence-corrected chi connectivity index (χ3v) is 7.98. The van der Waals surface area contributed by atoms with Crippen LogP contribution in [0.2, 0.25) is 0 Å². The van der Waals surface area contributed by atoms with Gasteiger partial charge in [0.15, 0.2) is 12.9 Å². The molecule has 0 bridgehead atoms. The molecule has 3 amide bonds. The number of hydrogen-bond donors (Lipinski definition) is 3. The Balaban J connectivity index is 1.41. The Morgan fingerprint density at radius 3 is 2.62 bits per heavy atom. The van der Waals surface area contributed by atoms with Gasteiger partial charge in [-0.1, -0.05) is 44.7 Å². The van der Waals surface area contributed by atoms with Gasteiger partial charge in [-0.15, -0.1) is 0 Å². The normalized spacial score (nSPS) is 19.1. The molecule has 2 heterocycles. The molecule has 4 rings (SSSR count). The van der Waals surface area contributed by atoms with E-state index in [9.17, 15) is 14.4 Å². The van der Waals surface area contributed by atoms with E-state index in [4.69, 9.17) is 19.9 Å². The van der Waals surface area contributed by atoms with E-state index in [0.717, 1.165) is 26.1 Å². The SMILES string of the molecule is CC[C@H](NC(=O)COc1ccc2c(c1)Nc1ccccc1S2)C(=O)N(C(=O)[C@@H](N)CC(C)C)[C@H]1CCOC1OC. The summed E-state index contributed by atoms with van der Waals surface area (Å²) in [5.41, 5.74) is 8.10. The lowest BCUT2D eigenvalue weighted by molar-refractivity contribution is -0.163. The smallest absolute Gasteiger partial charge is 0.258 e. The van der Waals surface area contributed by atoms with Crippen LogP contribution in [0.15, 0.2) is 52.3 Å². The average molecular weight is 571 g/mol. The fourth-order valence-corrected chi connectivity index (χ4v) is 5.82. The molecular weight excluding hydrogens is 532 g/mol. The van der Waals surface area contributed by atoms with Gasteiger partial charge in [-0.05, 0) is 49.4 Å². The number of hydrogen-bond acceptors (Lipinski definition) is 9. The van der Waals surface area contributed by atoms with Crippen molar-refractivity contribution in [1.29, 1.82) is 0 Å². The minimum atomic E-state index is -0.942. The number of ether oxygens (including phenoxy) is 3. The Morgan fingerprint density at radius 1 is 1.15 bits per heavy atom. The monoisotopic (exact) mass is 570 g/mol. The second-order valence-electron chi connectivity index (χ2n) is 10.3. The number of benzene rings is 2. The van der Waals surface area contributed by atoms with Crippen LogP contribution in [-0.4, -0.2) is 67.4 Å². The quantitative estimate of drug-likeness (QED) is 0.316. The minimum absolute atomic E-state index is 0.167. The molecule has 10 nitrogen and oxygen atoms in total. The largest absolute Gasteiger partial charge is 0.484 e. The molecule has 0 aliphatic carbocycles. The van der Waals surface area contributed by atoms with Crippen molar-refractivity contribution in [3.05, 3.63) is 42.5 Å². The van der Waals surface area contributed by atoms with Gasteiger partial charge in [0.05, 0.1) is 30.1 Å². The lowest BCUT2D eigenvalue weighted by Crippen LogP contribution is -2.59. The van der Waals surface area contributed by atoms with E-state index in [1.807, 2.05) is 44.2 Å². The highest BCUT2D eigenvalue weighted by molar-refractivity contribution is 7.99. The van der Waals surface area contributed by atoms with Crippen molar-refractivity contribution >= 4 is 40.9 Å². The summed E-state index contributed by atoms with van der Waals surface area (Å²) >= 11 is 1.66. The number of para-hydroxylation sites is 1. The van der Waals surface area contributed by atoms with Crippen molar-refractivity contribution in [2.24, 2.45) is 11.7 Å². The van der Waals surface area contributed by atoms with Gasteiger partial charge in [0.25, 0.3) is 11.8 Å². The molecule has 1 unspecified atom stereocenters. The average Bonchev–Trinajstić information content (AvgIpc) is 3.41. The van der Waals surface area contributed by atoms with E-state index in [0.29, 0.717) is 25.2 Å². The van der Waals surface area contributed by atoms with Crippen LogP contribution in [0.3, 0.4) is 0 Å². The van der Waals surface area contributed by atoms with Crippen molar-refractivity contribution < 1.29 is 28.6 Å². The van der Waals surface area contributed by atoms with E-state index in [-0.39, 0.29) is 18.9 Å². The van der Waals surface area contributed by atoms with Crippen molar-refractivity contribution in [2.45, 2.75) is 74.2 Å². The number of imide groups is 1. The maximum atomic E-state index is 13.7. The summed E-state index contributed by atoms with van der Waals surface area (Å²) in [4.78, 5) is 43.3. The summed E-state index contributed by atoms with van der Waals surface area (Å²) in [6.07, 6.45) is 0.370. The zero-order chi connectivity index (χ0) is 28.8. The molecule has 1 saturated heterocycles. The molecule has 1 fully saturated rings. The standard InChI is InChI=1S/C29H38N4O6S/c1-5-20(28(36)33(23-12-13-38-29(23)37-4)27(35)19(30)14-17(2)3)32-26(34)16-39-18-10-11-25-22(15-18)31-21-8-6-7-9-24(21)40-25/h6-11,15,17,19-20,23,29,31H,5,12-14,16,30H2,1-4H3,(H,32,34)/t19-,20-,23-,29?/m0/s1. The Labute approximate surface area is 239 Å². The van der Waals surface area contributed by atoms with E-state index in [1.54, 1.807) is 24.8 Å². The molecule has 40 heavy (non-hydrogen) atoms. The van der Waals surface area contributed by atoms with Crippen LogP contribution in [-0.2, 0) is 23.9 Å². The van der Waals surface area contributed by atoms with Gasteiger partial charge in [-0.25, -0.2) is 0 Å². The zero-order valence-corrected chi connectivity index (χ0v) is 24.2. The number of nitrogens with one attached hydrogen (secondary N) is 2. The maximum absolute atomic E-state index is 13.7. The summed E-state index contributed by atoms with van der Waals surface area (Å²) in [6, 6.07) is 11.2. The van der Waals surface area contributed by atoms with Gasteiger partial charge >= 0.3 is 0 Å². The molecule has 2 aliphatic rings. The summed E-state index contributed by atoms with van der Waals surface area (Å²) in [5.74, 6) is -0.828. The first kappa shape index (κ1) is 29.9. The molecule has 11 heteroatoms. The molecule has 216 valence electrons. The molecular formula is C29H38N4O6S. The fourth-order valence-electron chi connectivity index (χ4n) is 4.85. The summed E-state index contributed by atoms with van der Waals surface area (Å²) in [5, 5.41) is 6.12. The number of carbonyl (C=O) groups is 3. The highest BCUT2D eigenvalue weighted by Crippen LogP contribution is 2.45. The topological polar surface area (TPSA) is 132 Å². The Morgan fingerprint density at radius 2 is 1.90 bits per heavy atom. The number of nitrogens with two attached hydrogens (primary N) is 1. The van der Waals surface area contributed by atoms with Gasteiger partial charge in [0.1, 0.15) is 11.8 Å². The van der Waals surface area contributed by atoms with Gasteiger partial charge in [0, 0.05) is 23.0 Å². The van der Waals surface area contributed by atoms with Crippen LogP contribution < -0.4 is 21.1 Å². The number of amides is 3. The number of nitrogens with zero attached hydrogens (tertiary/aromatic N) is 1. The van der Waals surface area contributed by atoms with Crippen LogP contribution in [0.1, 0.15) is 40.0 Å². The second-order valence-corrected chi connectivity index (χ2v) is 11.4. The van der Waals surface area contributed by atoms with Gasteiger partial charge in [-0.3, -0.25) is 19.3 Å². The molecule has 0 spiro atoms. The molecule has 4 atom stereocenters. The van der Waals surface area contributed by atoms with Gasteiger partial charge in [0.2, 0.25) is 5.91 Å². The summed E-state index contributed by atoms with van der Waals surface area (Å²) in [6.45, 7) is 5.74. The van der Waals surface area contributed by atoms with Crippen LogP contribution >= 0.6 is 11.8 Å². The van der Waals surface area contributed by atoms with E-state index in [1.165, 1.54) is 7.11 Å².